The summed E-state index contributed by atoms with van der Waals surface area (Å²) in [6.45, 7) is 2.47. The number of hydrogen-bond donors (Lipinski definition) is 1. The highest BCUT2D eigenvalue weighted by Crippen LogP contribution is 2.33. The summed E-state index contributed by atoms with van der Waals surface area (Å²) in [5, 5.41) is 2.93. The Labute approximate surface area is 158 Å². The fraction of sp³-hybridized carbons (Fsp3) is 0.353. The van der Waals surface area contributed by atoms with Crippen molar-refractivity contribution in [2.75, 3.05) is 12.3 Å². The number of para-hydroxylation sites is 2. The number of benzene rings is 1. The van der Waals surface area contributed by atoms with Gasteiger partial charge in [0.1, 0.15) is 6.10 Å². The van der Waals surface area contributed by atoms with Crippen molar-refractivity contribution in [3.63, 3.8) is 0 Å². The van der Waals surface area contributed by atoms with Crippen molar-refractivity contribution in [2.24, 2.45) is 0 Å². The van der Waals surface area contributed by atoms with E-state index < -0.39 is 6.10 Å². The van der Waals surface area contributed by atoms with E-state index in [9.17, 15) is 4.79 Å². The SMILES string of the molecule is CC1Oc2ccccc2OC1C(=O)NCCSCc1ccc(Br)s1. The number of fused-ring (bicyclic) bond motifs is 1. The van der Waals surface area contributed by atoms with Crippen LogP contribution in [0.15, 0.2) is 40.2 Å². The van der Waals surface area contributed by atoms with Crippen LogP contribution in [0.25, 0.3) is 0 Å². The maximum absolute atomic E-state index is 12.3. The summed E-state index contributed by atoms with van der Waals surface area (Å²) in [6.07, 6.45) is -0.922. The highest BCUT2D eigenvalue weighted by atomic mass is 79.9. The Morgan fingerprint density at radius 3 is 2.71 bits per heavy atom. The fourth-order valence-electron chi connectivity index (χ4n) is 2.36. The third kappa shape index (κ3) is 4.46. The summed E-state index contributed by atoms with van der Waals surface area (Å²) in [5.74, 6) is 3.00. The van der Waals surface area contributed by atoms with Crippen LogP contribution in [0, 0.1) is 0 Å². The molecule has 2 aromatic rings. The average molecular weight is 428 g/mol. The van der Waals surface area contributed by atoms with E-state index >= 15 is 0 Å². The van der Waals surface area contributed by atoms with Crippen LogP contribution >= 0.6 is 39.0 Å². The molecule has 0 saturated carbocycles. The van der Waals surface area contributed by atoms with Gasteiger partial charge in [0.05, 0.1) is 3.79 Å². The predicted octanol–water partition coefficient (Wildman–Crippen LogP) is 4.09. The van der Waals surface area contributed by atoms with E-state index in [-0.39, 0.29) is 12.0 Å². The molecule has 1 N–H and O–H groups in total. The van der Waals surface area contributed by atoms with Gasteiger partial charge < -0.3 is 14.8 Å². The lowest BCUT2D eigenvalue weighted by Gasteiger charge is -2.31. The van der Waals surface area contributed by atoms with Crippen LogP contribution in [-0.2, 0) is 10.5 Å². The first kappa shape index (κ1) is 17.6. The van der Waals surface area contributed by atoms with E-state index in [2.05, 4.69) is 33.4 Å². The van der Waals surface area contributed by atoms with Crippen molar-refractivity contribution in [3.8, 4) is 11.5 Å². The van der Waals surface area contributed by atoms with E-state index in [1.165, 1.54) is 4.88 Å². The van der Waals surface area contributed by atoms with Gasteiger partial charge in [-0.1, -0.05) is 12.1 Å². The van der Waals surface area contributed by atoms with Crippen molar-refractivity contribution in [1.82, 2.24) is 5.32 Å². The largest absolute Gasteiger partial charge is 0.482 e. The Morgan fingerprint density at radius 2 is 2.00 bits per heavy atom. The first-order valence-corrected chi connectivity index (χ1v) is 10.4. The number of amides is 1. The third-order valence-corrected chi connectivity index (χ3v) is 6.33. The van der Waals surface area contributed by atoms with Crippen molar-refractivity contribution in [1.29, 1.82) is 0 Å². The van der Waals surface area contributed by atoms with Crippen LogP contribution in [0.2, 0.25) is 0 Å². The number of halogens is 1. The number of carbonyl (C=O) groups is 1. The standard InChI is InChI=1S/C17H18BrNO3S2/c1-11-16(22-14-5-3-2-4-13(14)21-11)17(20)19-8-9-23-10-12-6-7-15(18)24-12/h2-7,11,16H,8-10H2,1H3,(H,19,20). The second kappa shape index (κ2) is 8.27. The van der Waals surface area contributed by atoms with Crippen molar-refractivity contribution in [3.05, 3.63) is 45.1 Å². The lowest BCUT2D eigenvalue weighted by molar-refractivity contribution is -0.133. The minimum atomic E-state index is -0.613. The van der Waals surface area contributed by atoms with Gasteiger partial charge in [0.2, 0.25) is 6.10 Å². The molecule has 1 amide bonds. The van der Waals surface area contributed by atoms with Crippen LogP contribution in [0.3, 0.4) is 0 Å². The van der Waals surface area contributed by atoms with Gasteiger partial charge in [0.15, 0.2) is 11.5 Å². The van der Waals surface area contributed by atoms with Crippen LogP contribution < -0.4 is 14.8 Å². The number of nitrogens with one attached hydrogen (secondary N) is 1. The Hall–Kier alpha value is -1.18. The molecule has 0 fully saturated rings. The zero-order chi connectivity index (χ0) is 16.9. The highest BCUT2D eigenvalue weighted by Gasteiger charge is 2.33. The molecule has 0 saturated heterocycles. The molecule has 1 aromatic heterocycles. The molecule has 3 rings (SSSR count). The molecule has 7 heteroatoms. The molecular formula is C17H18BrNO3S2. The number of hydrogen-bond acceptors (Lipinski definition) is 5. The van der Waals surface area contributed by atoms with Crippen LogP contribution in [0.5, 0.6) is 11.5 Å². The van der Waals surface area contributed by atoms with Gasteiger partial charge >= 0.3 is 0 Å². The fourth-order valence-corrected chi connectivity index (χ4v) is 4.81. The predicted molar refractivity (Wildman–Crippen MR) is 102 cm³/mol. The van der Waals surface area contributed by atoms with Crippen molar-refractivity contribution < 1.29 is 14.3 Å². The zero-order valence-electron chi connectivity index (χ0n) is 13.2. The number of ether oxygens (including phenoxy) is 2. The summed E-state index contributed by atoms with van der Waals surface area (Å²) in [7, 11) is 0. The van der Waals surface area contributed by atoms with Gasteiger partial charge in [0, 0.05) is 22.9 Å². The van der Waals surface area contributed by atoms with Gasteiger partial charge in [0.25, 0.3) is 5.91 Å². The maximum atomic E-state index is 12.3. The second-order valence-corrected chi connectivity index (χ2v) is 9.01. The molecule has 0 bridgehead atoms. The van der Waals surface area contributed by atoms with Gasteiger partial charge in [-0.25, -0.2) is 0 Å². The minimum absolute atomic E-state index is 0.128. The van der Waals surface area contributed by atoms with Crippen LogP contribution in [-0.4, -0.2) is 30.4 Å². The molecule has 128 valence electrons. The van der Waals surface area contributed by atoms with Gasteiger partial charge in [-0.05, 0) is 47.1 Å². The van der Waals surface area contributed by atoms with Crippen LogP contribution in [0.4, 0.5) is 0 Å². The van der Waals surface area contributed by atoms with E-state index in [4.69, 9.17) is 9.47 Å². The summed E-state index contributed by atoms with van der Waals surface area (Å²) in [5.41, 5.74) is 0. The molecule has 0 spiro atoms. The Bertz CT molecular complexity index is 707. The summed E-state index contributed by atoms with van der Waals surface area (Å²) in [4.78, 5) is 13.7. The van der Waals surface area contributed by atoms with Crippen LogP contribution in [0.1, 0.15) is 11.8 Å². The molecule has 2 unspecified atom stereocenters. The van der Waals surface area contributed by atoms with E-state index in [1.807, 2.05) is 31.2 Å². The molecule has 2 atom stereocenters. The summed E-state index contributed by atoms with van der Waals surface area (Å²) in [6, 6.07) is 11.6. The number of thiophene rings is 1. The molecule has 1 aromatic carbocycles. The minimum Gasteiger partial charge on any atom is -0.482 e. The van der Waals surface area contributed by atoms with Gasteiger partial charge in [-0.15, -0.1) is 11.3 Å². The summed E-state index contributed by atoms with van der Waals surface area (Å²) >= 11 is 7.00. The highest BCUT2D eigenvalue weighted by molar-refractivity contribution is 9.11. The molecule has 1 aliphatic heterocycles. The third-order valence-electron chi connectivity index (χ3n) is 3.52. The van der Waals surface area contributed by atoms with Crippen molar-refractivity contribution >= 4 is 44.9 Å². The summed E-state index contributed by atoms with van der Waals surface area (Å²) < 4.78 is 12.7. The quantitative estimate of drug-likeness (QED) is 0.705. The average Bonchev–Trinajstić information content (AvgIpc) is 2.99. The topological polar surface area (TPSA) is 47.6 Å². The molecule has 0 aliphatic carbocycles. The zero-order valence-corrected chi connectivity index (χ0v) is 16.4. The van der Waals surface area contributed by atoms with Crippen molar-refractivity contribution in [2.45, 2.75) is 24.9 Å². The molecule has 0 radical (unpaired) electrons. The van der Waals surface area contributed by atoms with E-state index in [0.717, 1.165) is 15.3 Å². The molecule has 2 heterocycles. The number of thioether (sulfide) groups is 1. The maximum Gasteiger partial charge on any atom is 0.265 e. The van der Waals surface area contributed by atoms with Gasteiger partial charge in [-0.2, -0.15) is 11.8 Å². The number of carbonyl (C=O) groups excluding carboxylic acids is 1. The lowest BCUT2D eigenvalue weighted by atomic mass is 10.1. The lowest BCUT2D eigenvalue weighted by Crippen LogP contribution is -2.49. The van der Waals surface area contributed by atoms with E-state index in [0.29, 0.717) is 18.0 Å². The monoisotopic (exact) mass is 427 g/mol. The number of rotatable bonds is 6. The Morgan fingerprint density at radius 1 is 1.25 bits per heavy atom. The first-order valence-electron chi connectivity index (χ1n) is 7.65. The smallest absolute Gasteiger partial charge is 0.265 e. The Balaban J connectivity index is 1.42. The first-order chi connectivity index (χ1) is 11.6. The molecule has 24 heavy (non-hydrogen) atoms. The molecule has 1 aliphatic rings. The normalized spacial score (nSPS) is 19.1. The molecular weight excluding hydrogens is 410 g/mol. The molecule has 4 nitrogen and oxygen atoms in total. The van der Waals surface area contributed by atoms with Gasteiger partial charge in [-0.3, -0.25) is 4.79 Å². The Kier molecular flexibility index (Phi) is 6.08. The van der Waals surface area contributed by atoms with E-state index in [1.54, 1.807) is 23.1 Å². The second-order valence-electron chi connectivity index (χ2n) is 5.36.